The summed E-state index contributed by atoms with van der Waals surface area (Å²) in [5, 5.41) is 7.08. The molecular weight excluding hydrogens is 325 g/mol. The average molecular weight is 340 g/mol. The number of hydrogen-bond acceptors (Lipinski definition) is 2. The Kier molecular flexibility index (Phi) is 4.27. The Morgan fingerprint density at radius 2 is 2.09 bits per heavy atom. The minimum absolute atomic E-state index is 0.136. The number of aromatic nitrogens is 1. The summed E-state index contributed by atoms with van der Waals surface area (Å²) in [6.07, 6.45) is 2.47. The number of benzene rings is 1. The Bertz CT molecular complexity index is 742. The molecule has 0 aliphatic carbocycles. The summed E-state index contributed by atoms with van der Waals surface area (Å²) in [4.78, 5) is 27.2. The van der Waals surface area contributed by atoms with Gasteiger partial charge in [-0.25, -0.2) is 0 Å². The van der Waals surface area contributed by atoms with Crippen LogP contribution in [-0.4, -0.2) is 29.4 Å². The van der Waals surface area contributed by atoms with E-state index in [1.54, 1.807) is 18.2 Å². The summed E-state index contributed by atoms with van der Waals surface area (Å²) >= 11 is 12.1. The molecule has 22 heavy (non-hydrogen) atoms. The molecule has 7 heteroatoms. The lowest BCUT2D eigenvalue weighted by molar-refractivity contribution is -0.122. The van der Waals surface area contributed by atoms with Crippen LogP contribution in [0.1, 0.15) is 29.8 Å². The van der Waals surface area contributed by atoms with Gasteiger partial charge in [0, 0.05) is 17.4 Å². The van der Waals surface area contributed by atoms with E-state index in [1.807, 2.05) is 0 Å². The van der Waals surface area contributed by atoms with Gasteiger partial charge in [0.25, 0.3) is 5.91 Å². The third-order valence-electron chi connectivity index (χ3n) is 3.78. The van der Waals surface area contributed by atoms with Gasteiger partial charge in [-0.2, -0.15) is 0 Å². The molecular formula is C15H15Cl2N3O2. The van der Waals surface area contributed by atoms with Gasteiger partial charge < -0.3 is 15.6 Å². The van der Waals surface area contributed by atoms with Crippen molar-refractivity contribution in [2.75, 3.05) is 6.54 Å². The highest BCUT2D eigenvalue weighted by Gasteiger charge is 2.23. The molecule has 0 spiro atoms. The molecule has 1 unspecified atom stereocenters. The second kappa shape index (κ2) is 6.18. The number of H-pyrrole nitrogens is 1. The average Bonchev–Trinajstić information content (AvgIpc) is 2.84. The lowest BCUT2D eigenvalue weighted by atomic mass is 10.1. The highest BCUT2D eigenvalue weighted by atomic mass is 35.5. The zero-order chi connectivity index (χ0) is 15.7. The zero-order valence-electron chi connectivity index (χ0n) is 11.7. The summed E-state index contributed by atoms with van der Waals surface area (Å²) in [7, 11) is 0. The second-order valence-corrected chi connectivity index (χ2v) is 6.10. The number of fused-ring (bicyclic) bond motifs is 1. The minimum Gasteiger partial charge on any atom is -0.354 e. The Hall–Kier alpha value is -1.72. The molecule has 1 aliphatic rings. The maximum atomic E-state index is 12.3. The molecule has 1 atom stereocenters. The van der Waals surface area contributed by atoms with Crippen LogP contribution < -0.4 is 10.6 Å². The first-order chi connectivity index (χ1) is 10.6. The third-order valence-corrected chi connectivity index (χ3v) is 4.59. The maximum absolute atomic E-state index is 12.3. The van der Waals surface area contributed by atoms with Crippen LogP contribution >= 0.6 is 23.2 Å². The van der Waals surface area contributed by atoms with Crippen LogP contribution in [0.15, 0.2) is 18.2 Å². The van der Waals surface area contributed by atoms with E-state index >= 15 is 0 Å². The number of rotatable bonds is 2. The Morgan fingerprint density at radius 3 is 2.91 bits per heavy atom. The lowest BCUT2D eigenvalue weighted by Crippen LogP contribution is -2.45. The van der Waals surface area contributed by atoms with Crippen molar-refractivity contribution in [3.8, 4) is 0 Å². The summed E-state index contributed by atoms with van der Waals surface area (Å²) in [6.45, 7) is 0.658. The molecule has 3 rings (SSSR count). The smallest absolute Gasteiger partial charge is 0.268 e. The minimum atomic E-state index is -0.500. The van der Waals surface area contributed by atoms with E-state index in [2.05, 4.69) is 15.6 Å². The van der Waals surface area contributed by atoms with Gasteiger partial charge in [-0.15, -0.1) is 0 Å². The number of amides is 2. The number of halogens is 2. The van der Waals surface area contributed by atoms with Gasteiger partial charge in [-0.1, -0.05) is 23.2 Å². The lowest BCUT2D eigenvalue weighted by Gasteiger charge is -2.14. The van der Waals surface area contributed by atoms with Gasteiger partial charge in [0.15, 0.2) is 0 Å². The monoisotopic (exact) mass is 339 g/mol. The first-order valence-electron chi connectivity index (χ1n) is 7.11. The Balaban J connectivity index is 1.83. The van der Waals surface area contributed by atoms with Crippen molar-refractivity contribution in [3.63, 3.8) is 0 Å². The molecule has 0 saturated carbocycles. The van der Waals surface area contributed by atoms with Gasteiger partial charge in [-0.3, -0.25) is 9.59 Å². The first kappa shape index (κ1) is 15.2. The Morgan fingerprint density at radius 1 is 1.27 bits per heavy atom. The highest BCUT2D eigenvalue weighted by Crippen LogP contribution is 2.31. The molecule has 2 aromatic rings. The SMILES string of the molecule is O=C(NC1CCCCNC1=O)c1cc2c(Cl)c(Cl)ccc2[nH]1. The Labute approximate surface area is 137 Å². The molecule has 0 bridgehead atoms. The van der Waals surface area contributed by atoms with E-state index in [0.717, 1.165) is 18.4 Å². The van der Waals surface area contributed by atoms with Crippen LogP contribution in [-0.2, 0) is 4.79 Å². The van der Waals surface area contributed by atoms with Crippen molar-refractivity contribution >= 4 is 45.9 Å². The number of nitrogens with one attached hydrogen (secondary N) is 3. The standard InChI is InChI=1S/C15H15Cl2N3O2/c16-9-4-5-10-8(13(9)17)7-12(19-10)15(22)20-11-3-1-2-6-18-14(11)21/h4-5,7,11,19H,1-3,6H2,(H,18,21)(H,20,22). The van der Waals surface area contributed by atoms with Crippen LogP contribution in [0.4, 0.5) is 0 Å². The van der Waals surface area contributed by atoms with Crippen LogP contribution in [0.5, 0.6) is 0 Å². The predicted molar refractivity (Wildman–Crippen MR) is 86.4 cm³/mol. The maximum Gasteiger partial charge on any atom is 0.268 e. The number of carbonyl (C=O) groups is 2. The fraction of sp³-hybridized carbons (Fsp3) is 0.333. The van der Waals surface area contributed by atoms with Gasteiger partial charge in [0.05, 0.1) is 10.0 Å². The fourth-order valence-corrected chi connectivity index (χ4v) is 2.96. The second-order valence-electron chi connectivity index (χ2n) is 5.32. The molecule has 1 aliphatic heterocycles. The summed E-state index contributed by atoms with van der Waals surface area (Å²) < 4.78 is 0. The van der Waals surface area contributed by atoms with Crippen molar-refractivity contribution in [3.05, 3.63) is 33.9 Å². The van der Waals surface area contributed by atoms with Crippen LogP contribution in [0.2, 0.25) is 10.0 Å². The molecule has 1 fully saturated rings. The normalized spacial score (nSPS) is 18.8. The van der Waals surface area contributed by atoms with Crippen molar-refractivity contribution < 1.29 is 9.59 Å². The van der Waals surface area contributed by atoms with Gasteiger partial charge in [0.2, 0.25) is 5.91 Å². The summed E-state index contributed by atoms with van der Waals surface area (Å²) in [5.41, 5.74) is 1.08. The van der Waals surface area contributed by atoms with E-state index in [4.69, 9.17) is 23.2 Å². The molecule has 2 amide bonds. The third kappa shape index (κ3) is 2.91. The number of carbonyl (C=O) groups excluding carboxylic acids is 2. The highest BCUT2D eigenvalue weighted by molar-refractivity contribution is 6.45. The van der Waals surface area contributed by atoms with Crippen LogP contribution in [0.3, 0.4) is 0 Å². The fourth-order valence-electron chi connectivity index (χ4n) is 2.58. The van der Waals surface area contributed by atoms with Crippen molar-refractivity contribution in [1.29, 1.82) is 0 Å². The number of hydrogen-bond donors (Lipinski definition) is 3. The van der Waals surface area contributed by atoms with Gasteiger partial charge in [-0.05, 0) is 37.5 Å². The molecule has 1 aromatic carbocycles. The van der Waals surface area contributed by atoms with Crippen LogP contribution in [0, 0.1) is 0 Å². The quantitative estimate of drug-likeness (QED) is 0.786. The van der Waals surface area contributed by atoms with Crippen LogP contribution in [0.25, 0.3) is 10.9 Å². The molecule has 0 radical (unpaired) electrons. The molecule has 116 valence electrons. The van der Waals surface area contributed by atoms with Crippen molar-refractivity contribution in [2.45, 2.75) is 25.3 Å². The van der Waals surface area contributed by atoms with E-state index in [0.29, 0.717) is 34.1 Å². The first-order valence-corrected chi connectivity index (χ1v) is 7.87. The zero-order valence-corrected chi connectivity index (χ0v) is 13.2. The summed E-state index contributed by atoms with van der Waals surface area (Å²) in [5.74, 6) is -0.464. The molecule has 1 aromatic heterocycles. The molecule has 1 saturated heterocycles. The van der Waals surface area contributed by atoms with Crippen molar-refractivity contribution in [2.24, 2.45) is 0 Å². The van der Waals surface area contributed by atoms with E-state index < -0.39 is 6.04 Å². The van der Waals surface area contributed by atoms with E-state index in [-0.39, 0.29) is 11.8 Å². The predicted octanol–water partition coefficient (Wildman–Crippen LogP) is 2.87. The van der Waals surface area contributed by atoms with Gasteiger partial charge in [0.1, 0.15) is 11.7 Å². The molecule has 3 N–H and O–H groups in total. The van der Waals surface area contributed by atoms with E-state index in [1.165, 1.54) is 0 Å². The molecule has 5 nitrogen and oxygen atoms in total. The molecule has 2 heterocycles. The van der Waals surface area contributed by atoms with E-state index in [9.17, 15) is 9.59 Å². The topological polar surface area (TPSA) is 74.0 Å². The van der Waals surface area contributed by atoms with Crippen molar-refractivity contribution in [1.82, 2.24) is 15.6 Å². The number of aromatic amines is 1. The summed E-state index contributed by atoms with van der Waals surface area (Å²) in [6, 6.07) is 4.58. The van der Waals surface area contributed by atoms with Gasteiger partial charge >= 0.3 is 0 Å². The largest absolute Gasteiger partial charge is 0.354 e.